The first-order valence-electron chi connectivity index (χ1n) is 8.62. The molecule has 1 N–H and O–H groups in total. The number of hydrogen-bond donors (Lipinski definition) is 1. The molecular formula is C20H24ClNO4S. The quantitative estimate of drug-likeness (QED) is 0.720. The van der Waals surface area contributed by atoms with Crippen molar-refractivity contribution in [3.05, 3.63) is 59.1 Å². The molecule has 0 aliphatic rings. The van der Waals surface area contributed by atoms with Crippen molar-refractivity contribution >= 4 is 33.2 Å². The fraction of sp³-hybridized carbons (Fsp3) is 0.350. The topological polar surface area (TPSA) is 72.5 Å². The minimum Gasteiger partial charge on any atom is -0.444 e. The molecule has 0 radical (unpaired) electrons. The van der Waals surface area contributed by atoms with Gasteiger partial charge in [-0.05, 0) is 75.6 Å². The second-order valence-electron chi connectivity index (χ2n) is 7.20. The van der Waals surface area contributed by atoms with Crippen LogP contribution in [0.3, 0.4) is 0 Å². The third kappa shape index (κ3) is 7.23. The number of benzene rings is 2. The number of nitrogens with one attached hydrogen (secondary N) is 1. The van der Waals surface area contributed by atoms with Gasteiger partial charge in [0, 0.05) is 10.7 Å². The lowest BCUT2D eigenvalue weighted by atomic mass is 10.1. The van der Waals surface area contributed by atoms with Gasteiger partial charge in [-0.25, -0.2) is 13.2 Å². The molecule has 1 amide bonds. The molecular weight excluding hydrogens is 386 g/mol. The van der Waals surface area contributed by atoms with E-state index in [4.69, 9.17) is 16.3 Å². The van der Waals surface area contributed by atoms with Gasteiger partial charge in [0.25, 0.3) is 0 Å². The van der Waals surface area contributed by atoms with E-state index in [0.29, 0.717) is 23.6 Å². The molecule has 146 valence electrons. The highest BCUT2D eigenvalue weighted by atomic mass is 35.5. The summed E-state index contributed by atoms with van der Waals surface area (Å²) in [7, 11) is -3.32. The summed E-state index contributed by atoms with van der Waals surface area (Å²) in [6.45, 7) is 5.40. The highest BCUT2D eigenvalue weighted by Gasteiger charge is 2.16. The Morgan fingerprint density at radius 3 is 2.19 bits per heavy atom. The predicted octanol–water partition coefficient (Wildman–Crippen LogP) is 5.09. The van der Waals surface area contributed by atoms with Crippen LogP contribution in [0, 0.1) is 0 Å². The number of carbonyl (C=O) groups excluding carboxylic acids is 1. The van der Waals surface area contributed by atoms with Crippen LogP contribution in [0.2, 0.25) is 5.02 Å². The van der Waals surface area contributed by atoms with Crippen molar-refractivity contribution in [2.75, 3.05) is 11.1 Å². The van der Waals surface area contributed by atoms with Crippen molar-refractivity contribution in [1.29, 1.82) is 0 Å². The first kappa shape index (κ1) is 21.3. The Kier molecular flexibility index (Phi) is 6.89. The summed E-state index contributed by atoms with van der Waals surface area (Å²) in [6.07, 6.45) is 0.618. The number of hydrogen-bond acceptors (Lipinski definition) is 4. The van der Waals surface area contributed by atoms with Gasteiger partial charge in [-0.1, -0.05) is 23.7 Å². The first-order chi connectivity index (χ1) is 12.5. The maximum Gasteiger partial charge on any atom is 0.412 e. The van der Waals surface area contributed by atoms with E-state index >= 15 is 0 Å². The normalized spacial score (nSPS) is 11.9. The second kappa shape index (κ2) is 8.76. The van der Waals surface area contributed by atoms with Crippen molar-refractivity contribution in [2.24, 2.45) is 0 Å². The monoisotopic (exact) mass is 409 g/mol. The number of anilines is 1. The van der Waals surface area contributed by atoms with E-state index in [2.05, 4.69) is 5.32 Å². The third-order valence-corrected chi connectivity index (χ3v) is 5.72. The Bertz CT molecular complexity index is 870. The maximum absolute atomic E-state index is 12.3. The molecule has 0 fully saturated rings. The van der Waals surface area contributed by atoms with Gasteiger partial charge in [-0.2, -0.15) is 0 Å². The summed E-state index contributed by atoms with van der Waals surface area (Å²) in [6, 6.07) is 13.5. The number of amides is 1. The molecule has 0 unspecified atom stereocenters. The lowest BCUT2D eigenvalue weighted by Crippen LogP contribution is -2.27. The van der Waals surface area contributed by atoms with Gasteiger partial charge in [0.15, 0.2) is 9.84 Å². The Labute approximate surface area is 165 Å². The number of rotatable bonds is 6. The standard InChI is InChI=1S/C20H24ClNO4S/c1-20(2,3)26-19(23)22-17-10-6-15(7-11-17)5-4-14-27(24,25)18-12-8-16(21)9-13-18/h6-13H,4-5,14H2,1-3H3,(H,22,23). The predicted molar refractivity (Wildman–Crippen MR) is 108 cm³/mol. The van der Waals surface area contributed by atoms with E-state index in [-0.39, 0.29) is 10.6 Å². The van der Waals surface area contributed by atoms with Crippen LogP contribution in [-0.4, -0.2) is 25.9 Å². The van der Waals surface area contributed by atoms with Gasteiger partial charge < -0.3 is 4.74 Å². The number of ether oxygens (including phenoxy) is 1. The van der Waals surface area contributed by atoms with E-state index in [1.54, 1.807) is 45.0 Å². The van der Waals surface area contributed by atoms with Gasteiger partial charge in [-0.3, -0.25) is 5.32 Å². The third-order valence-electron chi connectivity index (χ3n) is 3.65. The average Bonchev–Trinajstić information content (AvgIpc) is 2.55. The van der Waals surface area contributed by atoms with Crippen LogP contribution >= 0.6 is 11.6 Å². The smallest absolute Gasteiger partial charge is 0.412 e. The lowest BCUT2D eigenvalue weighted by Gasteiger charge is -2.19. The molecule has 2 rings (SSSR count). The SMILES string of the molecule is CC(C)(C)OC(=O)Nc1ccc(CCCS(=O)(=O)c2ccc(Cl)cc2)cc1. The Balaban J connectivity index is 1.86. The Hall–Kier alpha value is -2.05. The number of halogens is 1. The van der Waals surface area contributed by atoms with Crippen LogP contribution in [0.25, 0.3) is 0 Å². The van der Waals surface area contributed by atoms with Crippen molar-refractivity contribution in [3.63, 3.8) is 0 Å². The molecule has 5 nitrogen and oxygen atoms in total. The molecule has 0 atom stereocenters. The Morgan fingerprint density at radius 1 is 1.04 bits per heavy atom. The molecule has 27 heavy (non-hydrogen) atoms. The molecule has 0 aliphatic carbocycles. The van der Waals surface area contributed by atoms with Gasteiger partial charge in [0.05, 0.1) is 10.6 Å². The summed E-state index contributed by atoms with van der Waals surface area (Å²) >= 11 is 5.79. The molecule has 0 bridgehead atoms. The highest BCUT2D eigenvalue weighted by Crippen LogP contribution is 2.18. The zero-order chi connectivity index (χ0) is 20.1. The van der Waals surface area contributed by atoms with E-state index in [9.17, 15) is 13.2 Å². The van der Waals surface area contributed by atoms with Gasteiger partial charge in [0.2, 0.25) is 0 Å². The molecule has 0 heterocycles. The van der Waals surface area contributed by atoms with E-state index in [0.717, 1.165) is 5.56 Å². The molecule has 7 heteroatoms. The van der Waals surface area contributed by atoms with Crippen LogP contribution in [0.1, 0.15) is 32.8 Å². The number of aryl methyl sites for hydroxylation is 1. The molecule has 2 aromatic carbocycles. The van der Waals surface area contributed by atoms with Gasteiger partial charge >= 0.3 is 6.09 Å². The van der Waals surface area contributed by atoms with Crippen molar-refractivity contribution in [1.82, 2.24) is 0 Å². The first-order valence-corrected chi connectivity index (χ1v) is 10.7. The van der Waals surface area contributed by atoms with Crippen LogP contribution in [-0.2, 0) is 21.0 Å². The molecule has 0 aromatic heterocycles. The minimum absolute atomic E-state index is 0.0620. The summed E-state index contributed by atoms with van der Waals surface area (Å²) in [5.41, 5.74) is 1.07. The largest absolute Gasteiger partial charge is 0.444 e. The lowest BCUT2D eigenvalue weighted by molar-refractivity contribution is 0.0636. The van der Waals surface area contributed by atoms with Crippen LogP contribution in [0.15, 0.2) is 53.4 Å². The van der Waals surface area contributed by atoms with E-state index < -0.39 is 21.5 Å². The fourth-order valence-corrected chi connectivity index (χ4v) is 3.84. The Morgan fingerprint density at radius 2 is 1.63 bits per heavy atom. The molecule has 0 aliphatic heterocycles. The van der Waals surface area contributed by atoms with E-state index in [1.165, 1.54) is 12.1 Å². The molecule has 0 saturated carbocycles. The number of carbonyl (C=O) groups is 1. The molecule has 0 saturated heterocycles. The summed E-state index contributed by atoms with van der Waals surface area (Å²) in [5, 5.41) is 3.17. The van der Waals surface area contributed by atoms with Crippen LogP contribution < -0.4 is 5.32 Å². The van der Waals surface area contributed by atoms with Gasteiger partial charge in [0.1, 0.15) is 5.60 Å². The average molecular weight is 410 g/mol. The van der Waals surface area contributed by atoms with Crippen molar-refractivity contribution in [2.45, 2.75) is 44.1 Å². The fourth-order valence-electron chi connectivity index (χ4n) is 2.40. The number of sulfone groups is 1. The van der Waals surface area contributed by atoms with Crippen molar-refractivity contribution < 1.29 is 17.9 Å². The van der Waals surface area contributed by atoms with Crippen LogP contribution in [0.4, 0.5) is 10.5 Å². The van der Waals surface area contributed by atoms with Crippen LogP contribution in [0.5, 0.6) is 0 Å². The second-order valence-corrected chi connectivity index (χ2v) is 9.75. The summed E-state index contributed by atoms with van der Waals surface area (Å²) in [5.74, 6) is 0.0620. The summed E-state index contributed by atoms with van der Waals surface area (Å²) in [4.78, 5) is 12.0. The van der Waals surface area contributed by atoms with E-state index in [1.807, 2.05) is 12.1 Å². The zero-order valence-electron chi connectivity index (χ0n) is 15.7. The van der Waals surface area contributed by atoms with Crippen molar-refractivity contribution in [3.8, 4) is 0 Å². The summed E-state index contributed by atoms with van der Waals surface area (Å²) < 4.78 is 29.8. The minimum atomic E-state index is -3.32. The highest BCUT2D eigenvalue weighted by molar-refractivity contribution is 7.91. The molecule has 2 aromatic rings. The zero-order valence-corrected chi connectivity index (χ0v) is 17.2. The molecule has 0 spiro atoms. The maximum atomic E-state index is 12.3. The van der Waals surface area contributed by atoms with Gasteiger partial charge in [-0.15, -0.1) is 0 Å².